The molecule has 5 rings (SSSR count). The molecule has 0 radical (unpaired) electrons. The first kappa shape index (κ1) is 41.0. The van der Waals surface area contributed by atoms with Crippen LogP contribution >= 0.6 is 0 Å². The van der Waals surface area contributed by atoms with Crippen molar-refractivity contribution >= 4 is 11.8 Å². The van der Waals surface area contributed by atoms with Gasteiger partial charge in [0.1, 0.15) is 35.6 Å². The normalized spacial score (nSPS) is 25.1. The number of hydrogen-bond acceptors (Lipinski definition) is 9. The minimum atomic E-state index is -1.46. The van der Waals surface area contributed by atoms with E-state index in [-0.39, 0.29) is 56.4 Å². The first-order chi connectivity index (χ1) is 26.0. The summed E-state index contributed by atoms with van der Waals surface area (Å²) >= 11 is 0. The van der Waals surface area contributed by atoms with Crippen molar-refractivity contribution in [3.63, 3.8) is 0 Å². The third kappa shape index (κ3) is 9.18. The fourth-order valence-corrected chi connectivity index (χ4v) is 8.29. The number of methoxy groups -OCH3 is 1. The van der Waals surface area contributed by atoms with Gasteiger partial charge in [-0.3, -0.25) is 4.90 Å². The van der Waals surface area contributed by atoms with Crippen LogP contribution in [0.4, 0.5) is 9.18 Å². The predicted octanol–water partition coefficient (Wildman–Crippen LogP) is 8.09. The van der Waals surface area contributed by atoms with Gasteiger partial charge in [-0.15, -0.1) is 6.58 Å². The number of ether oxygens (including phenoxy) is 4. The Balaban J connectivity index is 1.81. The van der Waals surface area contributed by atoms with Crippen LogP contribution in [0, 0.1) is 23.6 Å². The van der Waals surface area contributed by atoms with E-state index in [4.69, 9.17) is 28.9 Å². The molecule has 2 N–H and O–H groups in total. The molecule has 0 spiro atoms. The quantitative estimate of drug-likeness (QED) is 0.0893. The zero-order chi connectivity index (χ0) is 38.9. The molecule has 54 heavy (non-hydrogen) atoms. The van der Waals surface area contributed by atoms with Crippen molar-refractivity contribution in [2.24, 2.45) is 22.9 Å². The second-order valence-corrected chi connectivity index (χ2v) is 15.3. The number of allylic oxidation sites excluding steroid dienone is 1. The Kier molecular flexibility index (Phi) is 14.0. The van der Waals surface area contributed by atoms with Gasteiger partial charge in [0.05, 0.1) is 25.3 Å². The summed E-state index contributed by atoms with van der Waals surface area (Å²) in [5.74, 6) is -1.13. The molecule has 1 amide bonds. The average molecular weight is 749 g/mol. The lowest BCUT2D eigenvalue weighted by Crippen LogP contribution is -2.70. The molecule has 0 bridgehead atoms. The number of benzene rings is 2. The molecule has 10 nitrogen and oxygen atoms in total. The summed E-state index contributed by atoms with van der Waals surface area (Å²) in [7, 11) is 1.34. The van der Waals surface area contributed by atoms with Gasteiger partial charge in [0.25, 0.3) is 0 Å². The Labute approximate surface area is 319 Å². The highest BCUT2D eigenvalue weighted by molar-refractivity contribution is 6.03. The lowest BCUT2D eigenvalue weighted by atomic mass is 9.55. The maximum absolute atomic E-state index is 14.1. The molecule has 2 aliphatic carbocycles. The highest BCUT2D eigenvalue weighted by atomic mass is 19.1. The number of carbonyl (C=O) groups is 1. The summed E-state index contributed by atoms with van der Waals surface area (Å²) in [4.78, 5) is 21.8. The molecule has 294 valence electrons. The molecule has 2 aromatic rings. The van der Waals surface area contributed by atoms with Crippen LogP contribution in [0.1, 0.15) is 82.8 Å². The molecule has 0 unspecified atom stereocenters. The molecule has 11 heteroatoms. The fourth-order valence-electron chi connectivity index (χ4n) is 8.29. The number of aliphatic hydroxyl groups excluding tert-OH is 2. The minimum Gasteiger partial charge on any atom is -0.490 e. The summed E-state index contributed by atoms with van der Waals surface area (Å²) in [6.07, 6.45) is 9.84. The second kappa shape index (κ2) is 18.4. The number of nitrogens with zero attached hydrogens (tertiary/aromatic N) is 2. The van der Waals surface area contributed by atoms with Gasteiger partial charge < -0.3 is 34.0 Å². The van der Waals surface area contributed by atoms with Crippen molar-refractivity contribution in [2.75, 3.05) is 33.5 Å². The van der Waals surface area contributed by atoms with Gasteiger partial charge in [-0.1, -0.05) is 54.9 Å². The number of oxime groups is 1. The van der Waals surface area contributed by atoms with Gasteiger partial charge in [-0.05, 0) is 99.8 Å². The molecule has 0 saturated heterocycles. The van der Waals surface area contributed by atoms with Gasteiger partial charge in [-0.25, -0.2) is 9.18 Å². The molecule has 1 fully saturated rings. The van der Waals surface area contributed by atoms with E-state index >= 15 is 0 Å². The van der Waals surface area contributed by atoms with Crippen molar-refractivity contribution in [3.05, 3.63) is 96.4 Å². The lowest BCUT2D eigenvalue weighted by Gasteiger charge is -2.59. The van der Waals surface area contributed by atoms with E-state index in [1.807, 2.05) is 39.0 Å². The Bertz CT molecular complexity index is 1650. The molecule has 2 aromatic carbocycles. The number of aliphatic hydroxyl groups is 2. The SMILES string of the molecule is C=CCOc1ccc2c(c1)[C@H]1[C@H](CCCCO)[C@@H](CCCCO)C=C3C(=NOC(C)(C)C)C[C@H](N(Cc4ccc(F)cc4)C(=O)OC)[C@@](OCC=C)(O2)[C@H]31. The first-order valence-electron chi connectivity index (χ1n) is 19.1. The molecule has 1 saturated carbocycles. The van der Waals surface area contributed by atoms with Crippen molar-refractivity contribution in [3.8, 4) is 11.5 Å². The molecule has 1 heterocycles. The predicted molar refractivity (Wildman–Crippen MR) is 206 cm³/mol. The summed E-state index contributed by atoms with van der Waals surface area (Å²) in [5.41, 5.74) is 2.62. The van der Waals surface area contributed by atoms with Crippen molar-refractivity contribution in [1.82, 2.24) is 4.90 Å². The van der Waals surface area contributed by atoms with Crippen LogP contribution in [-0.2, 0) is 20.9 Å². The maximum Gasteiger partial charge on any atom is 0.410 e. The van der Waals surface area contributed by atoms with Crippen LogP contribution in [-0.4, -0.2) is 77.9 Å². The van der Waals surface area contributed by atoms with Crippen LogP contribution in [0.5, 0.6) is 11.5 Å². The molecular weight excluding hydrogens is 691 g/mol. The number of halogens is 1. The topological polar surface area (TPSA) is 119 Å². The largest absolute Gasteiger partial charge is 0.490 e. The number of fused-ring (bicyclic) bond motifs is 2. The number of carbonyl (C=O) groups excluding carboxylic acids is 1. The number of amides is 1. The standard InChI is InChI=1S/C43H57FN2O8/c1-7-23-51-32-19-20-37-35(26-32)39-33(14-10-12-22-48)30(13-9-11-21-47)25-34-36(45-54-42(3,4)5)27-38(43(53-37,40(34)39)52-24-8-2)46(41(49)50-6)28-29-15-17-31(44)18-16-29/h7-8,15-20,25-26,30,33,38-40,47-48H,1-2,9-14,21-24,27-28H2,3-6H3/t30-,33+,38-,39+,40+,43+/m0/s1. The number of hydrogen-bond donors (Lipinski definition) is 2. The fraction of sp³-hybridized carbons (Fsp3) is 0.535. The molecule has 1 aliphatic heterocycles. The summed E-state index contributed by atoms with van der Waals surface area (Å²) in [6, 6.07) is 11.0. The highest BCUT2D eigenvalue weighted by Gasteiger charge is 2.65. The van der Waals surface area contributed by atoms with Gasteiger partial charge in [0.15, 0.2) is 0 Å². The van der Waals surface area contributed by atoms with Crippen molar-refractivity contribution in [1.29, 1.82) is 0 Å². The Morgan fingerprint density at radius 2 is 1.74 bits per heavy atom. The average Bonchev–Trinajstić information content (AvgIpc) is 3.16. The van der Waals surface area contributed by atoms with Gasteiger partial charge in [0.2, 0.25) is 5.79 Å². The maximum atomic E-state index is 14.1. The van der Waals surface area contributed by atoms with Crippen molar-refractivity contribution in [2.45, 2.75) is 95.6 Å². The summed E-state index contributed by atoms with van der Waals surface area (Å²) in [6.45, 7) is 14.3. The van der Waals surface area contributed by atoms with Gasteiger partial charge in [-0.2, -0.15) is 0 Å². The number of unbranched alkanes of at least 4 members (excludes halogenated alkanes) is 2. The zero-order valence-electron chi connectivity index (χ0n) is 32.2. The molecule has 3 aliphatic rings. The Morgan fingerprint density at radius 1 is 1.04 bits per heavy atom. The monoisotopic (exact) mass is 748 g/mol. The minimum absolute atomic E-state index is 0.0558. The van der Waals surface area contributed by atoms with E-state index in [0.717, 1.165) is 36.8 Å². The third-order valence-corrected chi connectivity index (χ3v) is 10.5. The van der Waals surface area contributed by atoms with E-state index in [1.165, 1.54) is 19.2 Å². The Morgan fingerprint density at radius 3 is 2.39 bits per heavy atom. The van der Waals surface area contributed by atoms with E-state index in [9.17, 15) is 19.4 Å². The first-order valence-corrected chi connectivity index (χ1v) is 19.1. The second-order valence-electron chi connectivity index (χ2n) is 15.3. The third-order valence-electron chi connectivity index (χ3n) is 10.5. The molecule has 0 aromatic heterocycles. The van der Waals surface area contributed by atoms with Crippen molar-refractivity contribution < 1.29 is 43.2 Å². The smallest absolute Gasteiger partial charge is 0.410 e. The van der Waals surface area contributed by atoms with Crippen LogP contribution < -0.4 is 9.47 Å². The summed E-state index contributed by atoms with van der Waals surface area (Å²) in [5, 5.41) is 24.5. The van der Waals surface area contributed by atoms with Crippen LogP contribution in [0.2, 0.25) is 0 Å². The van der Waals surface area contributed by atoms with Gasteiger partial charge >= 0.3 is 6.09 Å². The molecule has 6 atom stereocenters. The van der Waals surface area contributed by atoms with Crippen LogP contribution in [0.25, 0.3) is 0 Å². The van der Waals surface area contributed by atoms with E-state index in [0.29, 0.717) is 42.2 Å². The van der Waals surface area contributed by atoms with Gasteiger partial charge in [0, 0.05) is 37.7 Å². The van der Waals surface area contributed by atoms with E-state index < -0.39 is 29.4 Å². The van der Waals surface area contributed by atoms with Crippen LogP contribution in [0.3, 0.4) is 0 Å². The lowest BCUT2D eigenvalue weighted by molar-refractivity contribution is -0.256. The summed E-state index contributed by atoms with van der Waals surface area (Å²) < 4.78 is 39.7. The number of rotatable bonds is 18. The van der Waals surface area contributed by atoms with E-state index in [2.05, 4.69) is 19.2 Å². The highest BCUT2D eigenvalue weighted by Crippen LogP contribution is 2.62. The zero-order valence-corrected chi connectivity index (χ0v) is 32.2. The molecular formula is C43H57FN2O8. The van der Waals surface area contributed by atoms with E-state index in [1.54, 1.807) is 29.2 Å². The Hall–Kier alpha value is -4.19. The van der Waals surface area contributed by atoms with Crippen LogP contribution in [0.15, 0.2) is 84.6 Å².